The number of hydrogen-bond acceptors (Lipinski definition) is 4. The average Bonchev–Trinajstić information content (AvgIpc) is 2.85. The molecule has 2 aromatic heterocycles. The molecule has 0 aliphatic carbocycles. The Hall–Kier alpha value is -2.69. The molecule has 100 valence electrons. The third-order valence-electron chi connectivity index (χ3n) is 2.96. The summed E-state index contributed by atoms with van der Waals surface area (Å²) in [5.74, 6) is 2.37. The van der Waals surface area contributed by atoms with Crippen LogP contribution in [0.5, 0.6) is 0 Å². The van der Waals surface area contributed by atoms with Gasteiger partial charge in [-0.25, -0.2) is 9.97 Å². The van der Waals surface area contributed by atoms with Gasteiger partial charge in [0.25, 0.3) is 0 Å². The minimum absolute atomic E-state index is 0.718. The van der Waals surface area contributed by atoms with E-state index in [4.69, 9.17) is 0 Å². The summed E-state index contributed by atoms with van der Waals surface area (Å²) in [5.41, 5.74) is 1.92. The SMILES string of the molecule is Cc1cc(Nc2ccnn2C)nc(-c2ccccc2)n1. The summed E-state index contributed by atoms with van der Waals surface area (Å²) in [7, 11) is 1.88. The molecule has 0 bridgehead atoms. The van der Waals surface area contributed by atoms with Gasteiger partial charge in [0, 0.05) is 30.4 Å². The van der Waals surface area contributed by atoms with Crippen molar-refractivity contribution in [1.29, 1.82) is 0 Å². The molecule has 3 rings (SSSR count). The normalized spacial score (nSPS) is 10.5. The van der Waals surface area contributed by atoms with Crippen LogP contribution >= 0.6 is 0 Å². The molecule has 0 saturated heterocycles. The molecule has 2 heterocycles. The van der Waals surface area contributed by atoms with E-state index in [0.717, 1.165) is 28.7 Å². The highest BCUT2D eigenvalue weighted by Crippen LogP contribution is 2.19. The molecule has 0 unspecified atom stereocenters. The van der Waals surface area contributed by atoms with Crippen LogP contribution in [0.15, 0.2) is 48.7 Å². The van der Waals surface area contributed by atoms with Gasteiger partial charge < -0.3 is 5.32 Å². The molecule has 0 spiro atoms. The van der Waals surface area contributed by atoms with Gasteiger partial charge >= 0.3 is 0 Å². The van der Waals surface area contributed by atoms with E-state index < -0.39 is 0 Å². The summed E-state index contributed by atoms with van der Waals surface area (Å²) >= 11 is 0. The van der Waals surface area contributed by atoms with E-state index in [2.05, 4.69) is 20.4 Å². The molecule has 0 fully saturated rings. The first-order chi connectivity index (χ1) is 9.72. The molecule has 0 amide bonds. The van der Waals surface area contributed by atoms with Crippen molar-refractivity contribution in [1.82, 2.24) is 19.7 Å². The number of anilines is 2. The maximum Gasteiger partial charge on any atom is 0.161 e. The van der Waals surface area contributed by atoms with E-state index in [1.165, 1.54) is 0 Å². The fourth-order valence-corrected chi connectivity index (χ4v) is 1.98. The second-order valence-electron chi connectivity index (χ2n) is 4.55. The highest BCUT2D eigenvalue weighted by atomic mass is 15.3. The Morgan fingerprint density at radius 3 is 2.55 bits per heavy atom. The Kier molecular flexibility index (Phi) is 3.16. The second-order valence-corrected chi connectivity index (χ2v) is 4.55. The average molecular weight is 265 g/mol. The summed E-state index contributed by atoms with van der Waals surface area (Å²) < 4.78 is 1.76. The molecule has 5 nitrogen and oxygen atoms in total. The van der Waals surface area contributed by atoms with Gasteiger partial charge in [0.05, 0.1) is 6.20 Å². The zero-order valence-electron chi connectivity index (χ0n) is 11.4. The van der Waals surface area contributed by atoms with Crippen LogP contribution in [0.25, 0.3) is 11.4 Å². The maximum atomic E-state index is 4.56. The lowest BCUT2D eigenvalue weighted by Gasteiger charge is -2.08. The Morgan fingerprint density at radius 2 is 1.85 bits per heavy atom. The first kappa shape index (κ1) is 12.3. The summed E-state index contributed by atoms with van der Waals surface area (Å²) in [4.78, 5) is 9.04. The van der Waals surface area contributed by atoms with Crippen molar-refractivity contribution in [3.8, 4) is 11.4 Å². The topological polar surface area (TPSA) is 55.6 Å². The molecular formula is C15H15N5. The van der Waals surface area contributed by atoms with Crippen molar-refractivity contribution in [3.63, 3.8) is 0 Å². The smallest absolute Gasteiger partial charge is 0.161 e. The molecule has 0 aliphatic heterocycles. The van der Waals surface area contributed by atoms with E-state index in [-0.39, 0.29) is 0 Å². The Labute approximate surface area is 117 Å². The van der Waals surface area contributed by atoms with Gasteiger partial charge in [0.2, 0.25) is 0 Å². The van der Waals surface area contributed by atoms with Crippen molar-refractivity contribution in [3.05, 3.63) is 54.4 Å². The van der Waals surface area contributed by atoms with Gasteiger partial charge in [-0.15, -0.1) is 0 Å². The standard InChI is InChI=1S/C15H15N5/c1-11-10-13(18-14-8-9-16-20(14)2)19-15(17-11)12-6-4-3-5-7-12/h3-10H,1-2H3,(H,17,18,19). The van der Waals surface area contributed by atoms with Crippen molar-refractivity contribution in [2.24, 2.45) is 7.05 Å². The summed E-state index contributed by atoms with van der Waals surface area (Å²) in [6.45, 7) is 1.96. The predicted octanol–water partition coefficient (Wildman–Crippen LogP) is 2.93. The monoisotopic (exact) mass is 265 g/mol. The van der Waals surface area contributed by atoms with E-state index in [1.54, 1.807) is 10.9 Å². The minimum Gasteiger partial charge on any atom is -0.325 e. The quantitative estimate of drug-likeness (QED) is 0.791. The molecule has 1 N–H and O–H groups in total. The number of hydrogen-bond donors (Lipinski definition) is 1. The third-order valence-corrected chi connectivity index (χ3v) is 2.96. The van der Waals surface area contributed by atoms with Crippen molar-refractivity contribution < 1.29 is 0 Å². The van der Waals surface area contributed by atoms with E-state index in [9.17, 15) is 0 Å². The predicted molar refractivity (Wildman–Crippen MR) is 78.7 cm³/mol. The lowest BCUT2D eigenvalue weighted by molar-refractivity contribution is 0.776. The van der Waals surface area contributed by atoms with Crippen LogP contribution in [0, 0.1) is 6.92 Å². The molecule has 0 saturated carbocycles. The Morgan fingerprint density at radius 1 is 1.05 bits per heavy atom. The number of aromatic nitrogens is 4. The number of nitrogens with one attached hydrogen (secondary N) is 1. The van der Waals surface area contributed by atoms with Crippen LogP contribution in [0.2, 0.25) is 0 Å². The maximum absolute atomic E-state index is 4.56. The zero-order chi connectivity index (χ0) is 13.9. The molecule has 3 aromatic rings. The van der Waals surface area contributed by atoms with Crippen LogP contribution in [-0.4, -0.2) is 19.7 Å². The molecular weight excluding hydrogens is 250 g/mol. The first-order valence-electron chi connectivity index (χ1n) is 6.38. The van der Waals surface area contributed by atoms with Gasteiger partial charge in [-0.2, -0.15) is 5.10 Å². The van der Waals surface area contributed by atoms with Crippen LogP contribution < -0.4 is 5.32 Å². The molecule has 20 heavy (non-hydrogen) atoms. The van der Waals surface area contributed by atoms with Gasteiger partial charge in [-0.3, -0.25) is 4.68 Å². The van der Waals surface area contributed by atoms with Crippen LogP contribution in [0.3, 0.4) is 0 Å². The van der Waals surface area contributed by atoms with Crippen molar-refractivity contribution in [2.75, 3.05) is 5.32 Å². The minimum atomic E-state index is 0.718. The van der Waals surface area contributed by atoms with E-state index in [1.807, 2.05) is 56.4 Å². The highest BCUT2D eigenvalue weighted by Gasteiger charge is 2.06. The van der Waals surface area contributed by atoms with Gasteiger partial charge in [0.1, 0.15) is 11.6 Å². The Balaban J connectivity index is 1.97. The fourth-order valence-electron chi connectivity index (χ4n) is 1.98. The molecule has 1 aromatic carbocycles. The summed E-state index contributed by atoms with van der Waals surface area (Å²) in [5, 5.41) is 7.38. The van der Waals surface area contributed by atoms with Crippen LogP contribution in [-0.2, 0) is 7.05 Å². The summed E-state index contributed by atoms with van der Waals surface area (Å²) in [6.07, 6.45) is 1.74. The first-order valence-corrected chi connectivity index (χ1v) is 6.38. The van der Waals surface area contributed by atoms with Crippen LogP contribution in [0.4, 0.5) is 11.6 Å². The van der Waals surface area contributed by atoms with Crippen molar-refractivity contribution >= 4 is 11.6 Å². The van der Waals surface area contributed by atoms with Crippen LogP contribution in [0.1, 0.15) is 5.69 Å². The van der Waals surface area contributed by atoms with Gasteiger partial charge in [0.15, 0.2) is 5.82 Å². The molecule has 0 aliphatic rings. The highest BCUT2D eigenvalue weighted by molar-refractivity contribution is 5.60. The van der Waals surface area contributed by atoms with E-state index in [0.29, 0.717) is 0 Å². The number of nitrogens with zero attached hydrogens (tertiary/aromatic N) is 4. The van der Waals surface area contributed by atoms with Crippen molar-refractivity contribution in [2.45, 2.75) is 6.92 Å². The number of benzene rings is 1. The molecule has 0 atom stereocenters. The Bertz CT molecular complexity index is 718. The lowest BCUT2D eigenvalue weighted by Crippen LogP contribution is -2.03. The number of rotatable bonds is 3. The zero-order valence-corrected chi connectivity index (χ0v) is 11.4. The largest absolute Gasteiger partial charge is 0.325 e. The second kappa shape index (κ2) is 5.13. The molecule has 5 heteroatoms. The number of aryl methyl sites for hydroxylation is 2. The summed E-state index contributed by atoms with van der Waals surface area (Å²) in [6, 6.07) is 13.8. The fraction of sp³-hybridized carbons (Fsp3) is 0.133. The van der Waals surface area contributed by atoms with Gasteiger partial charge in [-0.05, 0) is 6.92 Å². The van der Waals surface area contributed by atoms with Gasteiger partial charge in [-0.1, -0.05) is 30.3 Å². The molecule has 0 radical (unpaired) electrons. The lowest BCUT2D eigenvalue weighted by atomic mass is 10.2. The third kappa shape index (κ3) is 2.51. The van der Waals surface area contributed by atoms with E-state index >= 15 is 0 Å².